The van der Waals surface area contributed by atoms with E-state index in [1.165, 1.54) is 0 Å². The van der Waals surface area contributed by atoms with Crippen molar-refractivity contribution in [3.8, 4) is 0 Å². The van der Waals surface area contributed by atoms with Gasteiger partial charge in [0.2, 0.25) is 0 Å². The maximum Gasteiger partial charge on any atom is 0.0847 e. The fraction of sp³-hybridized carbons (Fsp3) is 0.750. The molecule has 5 nitrogen and oxygen atoms in total. The van der Waals surface area contributed by atoms with E-state index in [4.69, 9.17) is 22.2 Å². The smallest absolute Gasteiger partial charge is 0.0847 e. The van der Waals surface area contributed by atoms with Crippen LogP contribution in [0.1, 0.15) is 31.7 Å². The van der Waals surface area contributed by atoms with Gasteiger partial charge in [-0.25, -0.2) is 0 Å². The number of halogens is 1. The fourth-order valence-electron chi connectivity index (χ4n) is 2.00. The highest BCUT2D eigenvalue weighted by atomic mass is 35.5. The third-order valence-electron chi connectivity index (χ3n) is 3.23. The van der Waals surface area contributed by atoms with Crippen LogP contribution in [0.25, 0.3) is 0 Å². The van der Waals surface area contributed by atoms with Gasteiger partial charge in [0, 0.05) is 26.6 Å². The standard InChI is InChI=1S/C12H23ClN4O/c1-8-11(13)10(17(4)16-8)6-9(15-14)7-12(2,3)18-5/h9,15H,6-7,14H2,1-5H3. The lowest BCUT2D eigenvalue weighted by Gasteiger charge is -2.28. The molecule has 0 aliphatic heterocycles. The van der Waals surface area contributed by atoms with Gasteiger partial charge in [0.05, 0.1) is 22.0 Å². The summed E-state index contributed by atoms with van der Waals surface area (Å²) >= 11 is 6.24. The van der Waals surface area contributed by atoms with E-state index in [0.29, 0.717) is 5.02 Å². The van der Waals surface area contributed by atoms with Crippen LogP contribution >= 0.6 is 11.6 Å². The minimum atomic E-state index is -0.225. The Morgan fingerprint density at radius 2 is 2.17 bits per heavy atom. The topological polar surface area (TPSA) is 65.1 Å². The predicted molar refractivity (Wildman–Crippen MR) is 73.5 cm³/mol. The summed E-state index contributed by atoms with van der Waals surface area (Å²) < 4.78 is 7.23. The quantitative estimate of drug-likeness (QED) is 0.611. The summed E-state index contributed by atoms with van der Waals surface area (Å²) in [5, 5.41) is 5.02. The zero-order valence-electron chi connectivity index (χ0n) is 11.7. The van der Waals surface area contributed by atoms with Gasteiger partial charge in [-0.15, -0.1) is 0 Å². The van der Waals surface area contributed by atoms with Gasteiger partial charge in [-0.2, -0.15) is 5.10 Å². The number of hydrogen-bond donors (Lipinski definition) is 2. The van der Waals surface area contributed by atoms with Crippen molar-refractivity contribution in [2.75, 3.05) is 7.11 Å². The minimum Gasteiger partial charge on any atom is -0.379 e. The van der Waals surface area contributed by atoms with Crippen molar-refractivity contribution in [2.45, 2.75) is 45.3 Å². The van der Waals surface area contributed by atoms with Crippen LogP contribution in [0, 0.1) is 6.92 Å². The van der Waals surface area contributed by atoms with E-state index in [-0.39, 0.29) is 11.6 Å². The summed E-state index contributed by atoms with van der Waals surface area (Å²) in [5.41, 5.74) is 4.43. The normalized spacial score (nSPS) is 13.9. The number of aromatic nitrogens is 2. The van der Waals surface area contributed by atoms with Crippen molar-refractivity contribution >= 4 is 11.6 Å². The van der Waals surface area contributed by atoms with Crippen LogP contribution in [0.2, 0.25) is 5.02 Å². The first-order valence-electron chi connectivity index (χ1n) is 6.00. The first kappa shape index (κ1) is 15.4. The number of hydrogen-bond acceptors (Lipinski definition) is 4. The van der Waals surface area contributed by atoms with E-state index in [9.17, 15) is 0 Å². The molecule has 1 aromatic heterocycles. The van der Waals surface area contributed by atoms with Crippen LogP contribution in [-0.4, -0.2) is 28.5 Å². The molecule has 104 valence electrons. The molecule has 0 aliphatic carbocycles. The van der Waals surface area contributed by atoms with Gasteiger partial charge in [-0.3, -0.25) is 16.0 Å². The van der Waals surface area contributed by atoms with Gasteiger partial charge in [0.1, 0.15) is 0 Å². The molecule has 0 amide bonds. The molecule has 0 radical (unpaired) electrons. The molecule has 0 aliphatic rings. The summed E-state index contributed by atoms with van der Waals surface area (Å²) in [4.78, 5) is 0. The molecule has 0 spiro atoms. The molecule has 18 heavy (non-hydrogen) atoms. The maximum atomic E-state index is 6.24. The van der Waals surface area contributed by atoms with Gasteiger partial charge in [-0.05, 0) is 27.2 Å². The van der Waals surface area contributed by atoms with Gasteiger partial charge in [0.25, 0.3) is 0 Å². The highest BCUT2D eigenvalue weighted by Gasteiger charge is 2.24. The predicted octanol–water partition coefficient (Wildman–Crippen LogP) is 1.57. The highest BCUT2D eigenvalue weighted by molar-refractivity contribution is 6.31. The number of rotatable bonds is 6. The zero-order chi connectivity index (χ0) is 13.9. The Balaban J connectivity index is 2.80. The molecule has 1 unspecified atom stereocenters. The SMILES string of the molecule is COC(C)(C)CC(Cc1c(Cl)c(C)nn1C)NN. The van der Waals surface area contributed by atoms with E-state index in [1.807, 2.05) is 32.5 Å². The molecule has 1 aromatic rings. The molecule has 0 bridgehead atoms. The third kappa shape index (κ3) is 3.68. The molecule has 3 N–H and O–H groups in total. The summed E-state index contributed by atoms with van der Waals surface area (Å²) in [7, 11) is 3.60. The Morgan fingerprint density at radius 1 is 1.56 bits per heavy atom. The first-order valence-corrected chi connectivity index (χ1v) is 6.37. The van der Waals surface area contributed by atoms with Crippen molar-refractivity contribution in [3.63, 3.8) is 0 Å². The molecule has 0 saturated heterocycles. The molecule has 1 atom stereocenters. The molecular weight excluding hydrogens is 252 g/mol. The minimum absolute atomic E-state index is 0.0900. The van der Waals surface area contributed by atoms with E-state index in [2.05, 4.69) is 10.5 Å². The lowest BCUT2D eigenvalue weighted by Crippen LogP contribution is -2.42. The molecule has 0 fully saturated rings. The van der Waals surface area contributed by atoms with E-state index >= 15 is 0 Å². The van der Waals surface area contributed by atoms with E-state index in [0.717, 1.165) is 24.2 Å². The second-order valence-electron chi connectivity index (χ2n) is 5.21. The monoisotopic (exact) mass is 274 g/mol. The van der Waals surface area contributed by atoms with Crippen LogP contribution in [0.3, 0.4) is 0 Å². The van der Waals surface area contributed by atoms with Crippen LogP contribution in [0.4, 0.5) is 0 Å². The van der Waals surface area contributed by atoms with Crippen molar-refractivity contribution in [3.05, 3.63) is 16.4 Å². The zero-order valence-corrected chi connectivity index (χ0v) is 12.5. The first-order chi connectivity index (χ1) is 8.30. The molecule has 0 saturated carbocycles. The number of aryl methyl sites for hydroxylation is 2. The number of nitrogens with one attached hydrogen (secondary N) is 1. The lowest BCUT2D eigenvalue weighted by atomic mass is 9.96. The molecular formula is C12H23ClN4O. The Labute approximate surface area is 114 Å². The largest absolute Gasteiger partial charge is 0.379 e. The summed E-state index contributed by atoms with van der Waals surface area (Å²) in [6.07, 6.45) is 1.51. The highest BCUT2D eigenvalue weighted by Crippen LogP contribution is 2.23. The van der Waals surface area contributed by atoms with Crippen molar-refractivity contribution in [2.24, 2.45) is 12.9 Å². The Hall–Kier alpha value is -0.620. The fourth-order valence-corrected chi connectivity index (χ4v) is 2.24. The summed E-state index contributed by atoms with van der Waals surface area (Å²) in [5.74, 6) is 5.61. The van der Waals surface area contributed by atoms with E-state index < -0.39 is 0 Å². The molecule has 1 heterocycles. The average molecular weight is 275 g/mol. The number of nitrogens with two attached hydrogens (primary N) is 1. The van der Waals surface area contributed by atoms with Crippen LogP contribution in [0.15, 0.2) is 0 Å². The number of methoxy groups -OCH3 is 1. The maximum absolute atomic E-state index is 6.24. The molecule has 1 rings (SSSR count). The van der Waals surface area contributed by atoms with Crippen molar-refractivity contribution < 1.29 is 4.74 Å². The lowest BCUT2D eigenvalue weighted by molar-refractivity contribution is 0.00697. The molecule has 0 aromatic carbocycles. The molecule has 6 heteroatoms. The number of nitrogens with zero attached hydrogens (tertiary/aromatic N) is 2. The number of ether oxygens (including phenoxy) is 1. The second kappa shape index (κ2) is 6.02. The second-order valence-corrected chi connectivity index (χ2v) is 5.58. The Kier molecular flexibility index (Phi) is 5.16. The van der Waals surface area contributed by atoms with Crippen LogP contribution in [-0.2, 0) is 18.2 Å². The van der Waals surface area contributed by atoms with Gasteiger partial charge in [-0.1, -0.05) is 11.6 Å². The average Bonchev–Trinajstić information content (AvgIpc) is 2.54. The van der Waals surface area contributed by atoms with Gasteiger partial charge in [0.15, 0.2) is 0 Å². The summed E-state index contributed by atoms with van der Waals surface area (Å²) in [6, 6.07) is 0.0900. The van der Waals surface area contributed by atoms with Crippen LogP contribution < -0.4 is 11.3 Å². The number of hydrazine groups is 1. The summed E-state index contributed by atoms with van der Waals surface area (Å²) in [6.45, 7) is 5.97. The van der Waals surface area contributed by atoms with Crippen LogP contribution in [0.5, 0.6) is 0 Å². The van der Waals surface area contributed by atoms with Crippen molar-refractivity contribution in [1.82, 2.24) is 15.2 Å². The van der Waals surface area contributed by atoms with Gasteiger partial charge >= 0.3 is 0 Å². The van der Waals surface area contributed by atoms with E-state index in [1.54, 1.807) is 7.11 Å². The van der Waals surface area contributed by atoms with Gasteiger partial charge < -0.3 is 4.74 Å². The van der Waals surface area contributed by atoms with Crippen molar-refractivity contribution in [1.29, 1.82) is 0 Å². The Bertz CT molecular complexity index is 403. The third-order valence-corrected chi connectivity index (χ3v) is 3.72. The Morgan fingerprint density at radius 3 is 2.56 bits per heavy atom.